The molecule has 166 valence electrons. The summed E-state index contributed by atoms with van der Waals surface area (Å²) in [5, 5.41) is 6.15. The number of carbonyl (C=O) groups is 3. The summed E-state index contributed by atoms with van der Waals surface area (Å²) in [5.41, 5.74) is 1.43. The molecule has 2 aliphatic carbocycles. The number of nitrogens with one attached hydrogen (secondary N) is 2. The van der Waals surface area contributed by atoms with E-state index in [0.717, 1.165) is 6.42 Å². The molecule has 2 amide bonds. The quantitative estimate of drug-likeness (QED) is 0.458. The summed E-state index contributed by atoms with van der Waals surface area (Å²) in [4.78, 5) is 37.9. The number of amides is 2. The van der Waals surface area contributed by atoms with Crippen LogP contribution in [0.2, 0.25) is 5.02 Å². The first-order valence-electron chi connectivity index (χ1n) is 10.3. The number of rotatable bonds is 5. The molecule has 32 heavy (non-hydrogen) atoms. The van der Waals surface area contributed by atoms with Crippen LogP contribution in [-0.4, -0.2) is 35.8 Å². The van der Waals surface area contributed by atoms with Gasteiger partial charge in [0.25, 0.3) is 5.91 Å². The maximum atomic E-state index is 13.0. The van der Waals surface area contributed by atoms with Crippen LogP contribution in [0.3, 0.4) is 0 Å². The lowest BCUT2D eigenvalue weighted by Crippen LogP contribution is -2.40. The fraction of sp³-hybridized carbons (Fsp3) is 0.348. The first kappa shape index (κ1) is 21.3. The minimum absolute atomic E-state index is 0.0144. The van der Waals surface area contributed by atoms with Crippen molar-refractivity contribution < 1.29 is 23.9 Å². The van der Waals surface area contributed by atoms with Crippen LogP contribution in [0.4, 0.5) is 11.4 Å². The molecule has 0 spiro atoms. The van der Waals surface area contributed by atoms with E-state index in [9.17, 15) is 14.4 Å². The second-order valence-electron chi connectivity index (χ2n) is 8.33. The van der Waals surface area contributed by atoms with Gasteiger partial charge in [0.1, 0.15) is 11.9 Å². The number of ether oxygens (including phenoxy) is 2. The van der Waals surface area contributed by atoms with Crippen LogP contribution in [-0.2, 0) is 14.3 Å². The predicted octanol–water partition coefficient (Wildman–Crippen LogP) is 4.11. The molecular weight excluding hydrogens is 500 g/mol. The van der Waals surface area contributed by atoms with Crippen molar-refractivity contribution in [2.24, 2.45) is 23.7 Å². The summed E-state index contributed by atoms with van der Waals surface area (Å²) < 4.78 is 10.7. The fourth-order valence-corrected chi connectivity index (χ4v) is 6.45. The number of methoxy groups -OCH3 is 1. The van der Waals surface area contributed by atoms with E-state index in [1.54, 1.807) is 42.5 Å². The summed E-state index contributed by atoms with van der Waals surface area (Å²) in [6, 6.07) is 11.5. The fourth-order valence-electron chi connectivity index (χ4n) is 5.23. The van der Waals surface area contributed by atoms with E-state index in [1.807, 2.05) is 0 Å². The van der Waals surface area contributed by atoms with Gasteiger partial charge in [-0.1, -0.05) is 27.5 Å². The highest BCUT2D eigenvalue weighted by atomic mass is 79.9. The van der Waals surface area contributed by atoms with Gasteiger partial charge in [0, 0.05) is 22.2 Å². The zero-order valence-electron chi connectivity index (χ0n) is 17.0. The van der Waals surface area contributed by atoms with Crippen LogP contribution in [0.25, 0.3) is 0 Å². The van der Waals surface area contributed by atoms with E-state index >= 15 is 0 Å². The summed E-state index contributed by atoms with van der Waals surface area (Å²) in [7, 11) is 1.51. The summed E-state index contributed by atoms with van der Waals surface area (Å²) >= 11 is 9.63. The highest BCUT2D eigenvalue weighted by Gasteiger charge is 2.67. The smallest absolute Gasteiger partial charge is 0.310 e. The van der Waals surface area contributed by atoms with Gasteiger partial charge >= 0.3 is 5.97 Å². The maximum Gasteiger partial charge on any atom is 0.310 e. The number of alkyl halides is 1. The van der Waals surface area contributed by atoms with Gasteiger partial charge in [0.2, 0.25) is 5.91 Å². The number of carbonyl (C=O) groups excluding carboxylic acids is 3. The molecule has 1 heterocycles. The molecule has 0 radical (unpaired) electrons. The SMILES string of the molecule is COc1ccc(Cl)cc1NC(=O)c1ccc(NC(=O)[C@@H]2[C@H]3C[C@H]4[C@H](OC(=O)[C@H]42)[C@@H]3Br)cc1. The largest absolute Gasteiger partial charge is 0.495 e. The molecule has 2 saturated carbocycles. The Morgan fingerprint density at radius 3 is 2.59 bits per heavy atom. The van der Waals surface area contributed by atoms with E-state index in [1.165, 1.54) is 7.11 Å². The van der Waals surface area contributed by atoms with Gasteiger partial charge < -0.3 is 20.1 Å². The number of hydrogen-bond donors (Lipinski definition) is 2. The molecule has 2 N–H and O–H groups in total. The Morgan fingerprint density at radius 1 is 1.12 bits per heavy atom. The van der Waals surface area contributed by atoms with Crippen molar-refractivity contribution in [2.45, 2.75) is 17.4 Å². The van der Waals surface area contributed by atoms with Crippen LogP contribution in [0.1, 0.15) is 16.8 Å². The molecule has 2 bridgehead atoms. The number of esters is 1. The topological polar surface area (TPSA) is 93.7 Å². The van der Waals surface area contributed by atoms with Gasteiger partial charge in [0.15, 0.2) is 0 Å². The van der Waals surface area contributed by atoms with E-state index < -0.39 is 5.92 Å². The summed E-state index contributed by atoms with van der Waals surface area (Å²) in [5.74, 6) is -0.876. The molecule has 0 aromatic heterocycles. The van der Waals surface area contributed by atoms with E-state index in [4.69, 9.17) is 21.1 Å². The molecule has 9 heteroatoms. The second kappa shape index (κ2) is 8.08. The number of hydrogen-bond acceptors (Lipinski definition) is 5. The van der Waals surface area contributed by atoms with Gasteiger partial charge in [0.05, 0.1) is 29.5 Å². The van der Waals surface area contributed by atoms with Crippen molar-refractivity contribution in [2.75, 3.05) is 17.7 Å². The van der Waals surface area contributed by atoms with Gasteiger partial charge in [-0.25, -0.2) is 0 Å². The Labute approximate surface area is 197 Å². The zero-order valence-corrected chi connectivity index (χ0v) is 19.4. The maximum absolute atomic E-state index is 13.0. The molecular formula is C23H20BrClN2O5. The number of benzene rings is 2. The molecule has 0 unspecified atom stereocenters. The lowest BCUT2D eigenvalue weighted by molar-refractivity contribution is -0.145. The van der Waals surface area contributed by atoms with Crippen molar-refractivity contribution in [3.05, 3.63) is 53.1 Å². The highest BCUT2D eigenvalue weighted by molar-refractivity contribution is 9.09. The molecule has 7 nitrogen and oxygen atoms in total. The van der Waals surface area contributed by atoms with Crippen molar-refractivity contribution in [1.82, 2.24) is 0 Å². The minimum atomic E-state index is -0.408. The lowest BCUT2D eigenvalue weighted by atomic mass is 9.79. The Kier molecular flexibility index (Phi) is 5.37. The van der Waals surface area contributed by atoms with E-state index in [2.05, 4.69) is 26.6 Å². The van der Waals surface area contributed by atoms with Crippen LogP contribution in [0, 0.1) is 23.7 Å². The van der Waals surface area contributed by atoms with Gasteiger partial charge in [-0.3, -0.25) is 14.4 Å². The molecule has 1 aliphatic heterocycles. The highest BCUT2D eigenvalue weighted by Crippen LogP contribution is 2.60. The first-order valence-corrected chi connectivity index (χ1v) is 11.6. The minimum Gasteiger partial charge on any atom is -0.495 e. The van der Waals surface area contributed by atoms with Crippen LogP contribution >= 0.6 is 27.5 Å². The number of halogens is 2. The average molecular weight is 520 g/mol. The normalized spacial score (nSPS) is 29.5. The predicted molar refractivity (Wildman–Crippen MR) is 122 cm³/mol. The third-order valence-corrected chi connectivity index (χ3v) is 8.09. The van der Waals surface area contributed by atoms with E-state index in [0.29, 0.717) is 27.7 Å². The number of fused-ring (bicyclic) bond motifs is 1. The van der Waals surface area contributed by atoms with Gasteiger partial charge in [-0.2, -0.15) is 0 Å². The first-order chi connectivity index (χ1) is 15.4. The zero-order chi connectivity index (χ0) is 22.6. The van der Waals surface area contributed by atoms with Crippen molar-refractivity contribution in [3.63, 3.8) is 0 Å². The Hall–Kier alpha value is -2.58. The second-order valence-corrected chi connectivity index (χ2v) is 9.82. The Morgan fingerprint density at radius 2 is 1.88 bits per heavy atom. The lowest BCUT2D eigenvalue weighted by Gasteiger charge is -2.27. The summed E-state index contributed by atoms with van der Waals surface area (Å²) in [6.07, 6.45) is 0.707. The molecule has 3 aliphatic rings. The Balaban J connectivity index is 1.26. The van der Waals surface area contributed by atoms with Crippen molar-refractivity contribution in [1.29, 1.82) is 0 Å². The third kappa shape index (κ3) is 3.46. The Bertz CT molecular complexity index is 1110. The molecule has 6 atom stereocenters. The monoisotopic (exact) mass is 518 g/mol. The third-order valence-electron chi connectivity index (χ3n) is 6.65. The van der Waals surface area contributed by atoms with E-state index in [-0.39, 0.29) is 46.5 Å². The molecule has 2 aromatic carbocycles. The standard InChI is InChI=1S/C23H20BrClN2O5/c1-31-16-7-4-11(25)8-15(16)27-21(28)10-2-5-12(6-3-10)26-22(29)17-13-9-14-18(17)23(30)32-20(14)19(13)24/h2-8,13-14,17-20H,9H2,1H3,(H,26,29)(H,27,28)/t13-,14-,17-,18-,19-,20+/m1/s1. The molecule has 2 aromatic rings. The van der Waals surface area contributed by atoms with Crippen molar-refractivity contribution >= 4 is 56.7 Å². The van der Waals surface area contributed by atoms with Crippen LogP contribution in [0.15, 0.2) is 42.5 Å². The van der Waals surface area contributed by atoms with Crippen molar-refractivity contribution in [3.8, 4) is 5.75 Å². The molecule has 1 saturated heterocycles. The van der Waals surface area contributed by atoms with Crippen LogP contribution < -0.4 is 15.4 Å². The van der Waals surface area contributed by atoms with Gasteiger partial charge in [-0.05, 0) is 54.8 Å². The molecule has 5 rings (SSSR count). The number of anilines is 2. The van der Waals surface area contributed by atoms with Gasteiger partial charge in [-0.15, -0.1) is 0 Å². The summed E-state index contributed by atoms with van der Waals surface area (Å²) in [6.45, 7) is 0. The average Bonchev–Trinajstić information content (AvgIpc) is 3.39. The molecule has 3 fully saturated rings. The van der Waals surface area contributed by atoms with Crippen LogP contribution in [0.5, 0.6) is 5.75 Å².